The van der Waals surface area contributed by atoms with E-state index in [0.29, 0.717) is 6.42 Å². The van der Waals surface area contributed by atoms with Crippen LogP contribution in [-0.2, 0) is 22.4 Å². The molecule has 4 heteroatoms. The Hall–Kier alpha value is -1.84. The van der Waals surface area contributed by atoms with E-state index in [1.807, 2.05) is 0 Å². The fourth-order valence-corrected chi connectivity index (χ4v) is 4.09. The summed E-state index contributed by atoms with van der Waals surface area (Å²) in [7, 11) is 0. The standard InChI is InChI=1S/C24H36O4/c1-17-11-12-18(2)20(10-6-8-14-24(15-16-24)22(27)28)19(17)9-5-7-13-23(3,4)21(25)26/h11-12H,5-10,13-16H2,1-4H3,(H,25,26)(H,27,28). The van der Waals surface area contributed by atoms with Crippen molar-refractivity contribution in [1.82, 2.24) is 0 Å². The van der Waals surface area contributed by atoms with E-state index in [0.717, 1.165) is 57.8 Å². The maximum Gasteiger partial charge on any atom is 0.309 e. The number of rotatable bonds is 12. The summed E-state index contributed by atoms with van der Waals surface area (Å²) in [6.07, 6.45) is 9.05. The Morgan fingerprint density at radius 3 is 1.86 bits per heavy atom. The van der Waals surface area contributed by atoms with Crippen LogP contribution in [0, 0.1) is 24.7 Å². The quantitative estimate of drug-likeness (QED) is 0.450. The number of aryl methyl sites for hydroxylation is 2. The van der Waals surface area contributed by atoms with Gasteiger partial charge in [0.2, 0.25) is 0 Å². The van der Waals surface area contributed by atoms with E-state index in [2.05, 4.69) is 26.0 Å². The summed E-state index contributed by atoms with van der Waals surface area (Å²) < 4.78 is 0. The van der Waals surface area contributed by atoms with E-state index in [9.17, 15) is 19.8 Å². The Kier molecular flexibility index (Phi) is 7.30. The van der Waals surface area contributed by atoms with Crippen LogP contribution in [0.15, 0.2) is 12.1 Å². The predicted octanol–water partition coefficient (Wildman–Crippen LogP) is 5.70. The minimum absolute atomic E-state index is 0.415. The molecule has 1 saturated carbocycles. The van der Waals surface area contributed by atoms with Gasteiger partial charge in [-0.15, -0.1) is 0 Å². The van der Waals surface area contributed by atoms with E-state index in [1.165, 1.54) is 22.3 Å². The molecule has 4 nitrogen and oxygen atoms in total. The molecule has 0 bridgehead atoms. The third-order valence-electron chi connectivity index (χ3n) is 6.60. The maximum atomic E-state index is 11.3. The second kappa shape index (κ2) is 9.11. The largest absolute Gasteiger partial charge is 0.481 e. The molecule has 1 aromatic carbocycles. The van der Waals surface area contributed by atoms with Crippen molar-refractivity contribution in [3.63, 3.8) is 0 Å². The van der Waals surface area contributed by atoms with Crippen LogP contribution >= 0.6 is 0 Å². The zero-order chi connectivity index (χ0) is 20.9. The molecule has 28 heavy (non-hydrogen) atoms. The molecule has 0 spiro atoms. The average molecular weight is 389 g/mol. The molecular weight excluding hydrogens is 352 g/mol. The number of unbranched alkanes of at least 4 members (excludes halogenated alkanes) is 2. The summed E-state index contributed by atoms with van der Waals surface area (Å²) in [6.45, 7) is 7.90. The van der Waals surface area contributed by atoms with Gasteiger partial charge in [0.15, 0.2) is 0 Å². The van der Waals surface area contributed by atoms with Crippen LogP contribution in [0.4, 0.5) is 0 Å². The van der Waals surface area contributed by atoms with Crippen molar-refractivity contribution < 1.29 is 19.8 Å². The number of hydrogen-bond acceptors (Lipinski definition) is 2. The van der Waals surface area contributed by atoms with Crippen LogP contribution in [0.25, 0.3) is 0 Å². The van der Waals surface area contributed by atoms with Crippen molar-refractivity contribution in [2.45, 2.75) is 91.9 Å². The van der Waals surface area contributed by atoms with Crippen LogP contribution < -0.4 is 0 Å². The summed E-state index contributed by atoms with van der Waals surface area (Å²) in [4.78, 5) is 22.6. The van der Waals surface area contributed by atoms with Crippen molar-refractivity contribution in [2.24, 2.45) is 10.8 Å². The minimum atomic E-state index is -0.727. The number of aliphatic carboxylic acids is 2. The van der Waals surface area contributed by atoms with Crippen molar-refractivity contribution >= 4 is 11.9 Å². The minimum Gasteiger partial charge on any atom is -0.481 e. The predicted molar refractivity (Wildman–Crippen MR) is 112 cm³/mol. The van der Waals surface area contributed by atoms with Gasteiger partial charge in [-0.3, -0.25) is 9.59 Å². The fraction of sp³-hybridized carbons (Fsp3) is 0.667. The highest BCUT2D eigenvalue weighted by atomic mass is 16.4. The van der Waals surface area contributed by atoms with Gasteiger partial charge in [0, 0.05) is 0 Å². The molecule has 0 amide bonds. The highest BCUT2D eigenvalue weighted by molar-refractivity contribution is 5.77. The van der Waals surface area contributed by atoms with Crippen molar-refractivity contribution in [3.8, 4) is 0 Å². The van der Waals surface area contributed by atoms with Gasteiger partial charge in [-0.1, -0.05) is 25.0 Å². The average Bonchev–Trinajstić information content (AvgIpc) is 3.41. The summed E-state index contributed by atoms with van der Waals surface area (Å²) >= 11 is 0. The molecule has 1 aliphatic rings. The van der Waals surface area contributed by atoms with Gasteiger partial charge in [0.1, 0.15) is 0 Å². The molecule has 0 heterocycles. The molecule has 2 N–H and O–H groups in total. The van der Waals surface area contributed by atoms with Crippen LogP contribution in [0.1, 0.15) is 87.5 Å². The molecule has 2 rings (SSSR count). The smallest absolute Gasteiger partial charge is 0.309 e. The molecule has 1 aliphatic carbocycles. The van der Waals surface area contributed by atoms with Gasteiger partial charge in [0.05, 0.1) is 10.8 Å². The number of hydrogen-bond donors (Lipinski definition) is 2. The number of carboxylic acids is 2. The Morgan fingerprint density at radius 1 is 0.929 bits per heavy atom. The molecule has 0 radical (unpaired) electrons. The van der Waals surface area contributed by atoms with Crippen LogP contribution in [0.2, 0.25) is 0 Å². The van der Waals surface area contributed by atoms with Gasteiger partial charge < -0.3 is 10.2 Å². The lowest BCUT2D eigenvalue weighted by Gasteiger charge is -2.20. The molecule has 156 valence electrons. The molecule has 1 aromatic rings. The Balaban J connectivity index is 1.90. The van der Waals surface area contributed by atoms with Gasteiger partial charge >= 0.3 is 11.9 Å². The third-order valence-corrected chi connectivity index (χ3v) is 6.60. The van der Waals surface area contributed by atoms with Crippen molar-refractivity contribution in [3.05, 3.63) is 34.4 Å². The number of carbonyl (C=O) groups is 2. The molecule has 0 atom stereocenters. The van der Waals surface area contributed by atoms with Crippen molar-refractivity contribution in [1.29, 1.82) is 0 Å². The maximum absolute atomic E-state index is 11.3. The number of benzene rings is 1. The molecule has 0 aliphatic heterocycles. The van der Waals surface area contributed by atoms with Gasteiger partial charge in [-0.05, 0) is 101 Å². The first-order valence-corrected chi connectivity index (χ1v) is 10.6. The lowest BCUT2D eigenvalue weighted by atomic mass is 9.85. The lowest BCUT2D eigenvalue weighted by molar-refractivity contribution is -0.147. The summed E-state index contributed by atoms with van der Waals surface area (Å²) in [5, 5.41) is 18.6. The molecule has 0 saturated heterocycles. The van der Waals surface area contributed by atoms with Gasteiger partial charge in [-0.25, -0.2) is 0 Å². The third kappa shape index (κ3) is 5.59. The topological polar surface area (TPSA) is 74.6 Å². The van der Waals surface area contributed by atoms with Crippen LogP contribution in [-0.4, -0.2) is 22.2 Å². The number of carboxylic acid groups (broad SMARTS) is 2. The Morgan fingerprint density at radius 2 is 1.43 bits per heavy atom. The Bertz CT molecular complexity index is 665. The zero-order valence-electron chi connectivity index (χ0n) is 17.9. The summed E-state index contributed by atoms with van der Waals surface area (Å²) in [5.74, 6) is -1.35. The first kappa shape index (κ1) is 22.4. The van der Waals surface area contributed by atoms with Gasteiger partial charge in [-0.2, -0.15) is 0 Å². The highest BCUT2D eigenvalue weighted by Crippen LogP contribution is 2.50. The first-order chi connectivity index (χ1) is 13.1. The second-order valence-electron chi connectivity index (χ2n) is 9.35. The monoisotopic (exact) mass is 388 g/mol. The van der Waals surface area contributed by atoms with E-state index < -0.39 is 22.8 Å². The van der Waals surface area contributed by atoms with Gasteiger partial charge in [0.25, 0.3) is 0 Å². The molecule has 1 fully saturated rings. The van der Waals surface area contributed by atoms with Crippen molar-refractivity contribution in [2.75, 3.05) is 0 Å². The summed E-state index contributed by atoms with van der Waals surface area (Å²) in [6, 6.07) is 4.36. The lowest BCUT2D eigenvalue weighted by Crippen LogP contribution is -2.23. The Labute approximate surface area is 169 Å². The zero-order valence-corrected chi connectivity index (χ0v) is 17.9. The SMILES string of the molecule is Cc1ccc(C)c(CCCCC2(C(=O)O)CC2)c1CCCCC(C)(C)C(=O)O. The van der Waals surface area contributed by atoms with Crippen LogP contribution in [0.3, 0.4) is 0 Å². The first-order valence-electron chi connectivity index (χ1n) is 10.6. The molecule has 0 aromatic heterocycles. The van der Waals surface area contributed by atoms with E-state index in [-0.39, 0.29) is 0 Å². The highest BCUT2D eigenvalue weighted by Gasteiger charge is 2.49. The van der Waals surface area contributed by atoms with E-state index in [4.69, 9.17) is 0 Å². The normalized spacial score (nSPS) is 15.4. The molecular formula is C24H36O4. The van der Waals surface area contributed by atoms with E-state index >= 15 is 0 Å². The van der Waals surface area contributed by atoms with Crippen LogP contribution in [0.5, 0.6) is 0 Å². The van der Waals surface area contributed by atoms with E-state index in [1.54, 1.807) is 13.8 Å². The fourth-order valence-electron chi connectivity index (χ4n) is 4.09. The molecule has 0 unspecified atom stereocenters. The summed E-state index contributed by atoms with van der Waals surface area (Å²) in [5.41, 5.74) is 4.37. The second-order valence-corrected chi connectivity index (χ2v) is 9.35.